The van der Waals surface area contributed by atoms with Gasteiger partial charge in [0.25, 0.3) is 5.69 Å². The van der Waals surface area contributed by atoms with E-state index in [9.17, 15) is 14.9 Å². The van der Waals surface area contributed by atoms with Crippen LogP contribution >= 0.6 is 0 Å². The Morgan fingerprint density at radius 2 is 1.68 bits per heavy atom. The molecule has 1 aliphatic rings. The molecule has 1 atom stereocenters. The summed E-state index contributed by atoms with van der Waals surface area (Å²) in [5, 5.41) is 10.8. The van der Waals surface area contributed by atoms with Gasteiger partial charge < -0.3 is 9.80 Å². The molecular formula is C21H26N4O3. The van der Waals surface area contributed by atoms with E-state index < -0.39 is 0 Å². The molecule has 7 nitrogen and oxygen atoms in total. The number of hydrogen-bond acceptors (Lipinski definition) is 5. The largest absolute Gasteiger partial charge is 0.369 e. The maximum Gasteiger partial charge on any atom is 0.269 e. The van der Waals surface area contributed by atoms with Gasteiger partial charge in [0.1, 0.15) is 0 Å². The van der Waals surface area contributed by atoms with Gasteiger partial charge in [0.05, 0.1) is 17.5 Å². The summed E-state index contributed by atoms with van der Waals surface area (Å²) in [5.41, 5.74) is 2.20. The van der Waals surface area contributed by atoms with Crippen LogP contribution in [-0.2, 0) is 4.79 Å². The second-order valence-electron chi connectivity index (χ2n) is 7.13. The first-order chi connectivity index (χ1) is 13.5. The Bertz CT molecular complexity index is 802. The lowest BCUT2D eigenvalue weighted by atomic mass is 10.1. The van der Waals surface area contributed by atoms with Crippen LogP contribution in [0, 0.1) is 10.1 Å². The molecule has 3 rings (SSSR count). The average molecular weight is 382 g/mol. The van der Waals surface area contributed by atoms with Gasteiger partial charge in [-0.1, -0.05) is 30.3 Å². The number of carbonyl (C=O) groups is 1. The lowest BCUT2D eigenvalue weighted by Gasteiger charge is -2.37. The number of hydrogen-bond donors (Lipinski definition) is 0. The normalized spacial score (nSPS) is 15.9. The Morgan fingerprint density at radius 3 is 2.25 bits per heavy atom. The van der Waals surface area contributed by atoms with Crippen LogP contribution in [0.25, 0.3) is 0 Å². The lowest BCUT2D eigenvalue weighted by molar-refractivity contribution is -0.384. The minimum absolute atomic E-state index is 0.0371. The molecule has 1 aliphatic heterocycles. The van der Waals surface area contributed by atoms with E-state index in [4.69, 9.17) is 0 Å². The van der Waals surface area contributed by atoms with Crippen molar-refractivity contribution in [3.05, 3.63) is 70.3 Å². The zero-order valence-electron chi connectivity index (χ0n) is 16.3. The van der Waals surface area contributed by atoms with Gasteiger partial charge in [0.15, 0.2) is 0 Å². The van der Waals surface area contributed by atoms with E-state index in [1.807, 2.05) is 44.3 Å². The van der Waals surface area contributed by atoms with E-state index in [1.54, 1.807) is 17.0 Å². The molecule has 0 aromatic heterocycles. The third-order valence-corrected chi connectivity index (χ3v) is 5.41. The monoisotopic (exact) mass is 382 g/mol. The molecule has 1 fully saturated rings. The van der Waals surface area contributed by atoms with E-state index in [2.05, 4.69) is 9.80 Å². The van der Waals surface area contributed by atoms with E-state index in [1.165, 1.54) is 12.1 Å². The van der Waals surface area contributed by atoms with Gasteiger partial charge in [-0.2, -0.15) is 0 Å². The molecule has 1 amide bonds. The summed E-state index contributed by atoms with van der Waals surface area (Å²) in [4.78, 5) is 29.2. The first-order valence-corrected chi connectivity index (χ1v) is 9.48. The molecule has 0 aliphatic carbocycles. The van der Waals surface area contributed by atoms with Gasteiger partial charge in [-0.15, -0.1) is 0 Å². The smallest absolute Gasteiger partial charge is 0.269 e. The molecule has 0 unspecified atom stereocenters. The zero-order valence-corrected chi connectivity index (χ0v) is 16.3. The molecule has 2 aromatic carbocycles. The van der Waals surface area contributed by atoms with Crippen LogP contribution in [0.15, 0.2) is 54.6 Å². The lowest BCUT2D eigenvalue weighted by Crippen LogP contribution is -2.50. The number of non-ortho nitro benzene ring substituents is 1. The number of piperazine rings is 1. The minimum Gasteiger partial charge on any atom is -0.369 e. The van der Waals surface area contributed by atoms with Crippen LogP contribution in [0.2, 0.25) is 0 Å². The Kier molecular flexibility index (Phi) is 6.26. The first-order valence-electron chi connectivity index (χ1n) is 9.48. The second kappa shape index (κ2) is 8.84. The average Bonchev–Trinajstić information content (AvgIpc) is 2.74. The molecule has 0 spiro atoms. The van der Waals surface area contributed by atoms with E-state index in [-0.39, 0.29) is 22.6 Å². The molecule has 7 heteroatoms. The summed E-state index contributed by atoms with van der Waals surface area (Å²) in [6.07, 6.45) is 0. The van der Waals surface area contributed by atoms with Crippen molar-refractivity contribution in [3.63, 3.8) is 0 Å². The molecule has 0 N–H and O–H groups in total. The maximum atomic E-state index is 12.7. The summed E-state index contributed by atoms with van der Waals surface area (Å²) in [6, 6.07) is 16.7. The molecule has 0 saturated carbocycles. The van der Waals surface area contributed by atoms with Crippen molar-refractivity contribution in [1.82, 2.24) is 9.80 Å². The van der Waals surface area contributed by atoms with Crippen LogP contribution in [-0.4, -0.2) is 60.4 Å². The number of amides is 1. The third kappa shape index (κ3) is 4.67. The maximum absolute atomic E-state index is 12.7. The summed E-state index contributed by atoms with van der Waals surface area (Å²) in [6.45, 7) is 5.61. The zero-order chi connectivity index (χ0) is 20.1. The topological polar surface area (TPSA) is 69.9 Å². The predicted molar refractivity (Wildman–Crippen MR) is 109 cm³/mol. The van der Waals surface area contributed by atoms with Crippen LogP contribution in [0.5, 0.6) is 0 Å². The molecule has 1 saturated heterocycles. The standard InChI is InChI=1S/C21H26N4O3/c1-17(18-6-4-3-5-7-18)22(2)21(26)16-23-12-14-24(15-13-23)19-8-10-20(11-9-19)25(27)28/h3-11,17H,12-16H2,1-2H3/t17-/m0/s1. The summed E-state index contributed by atoms with van der Waals surface area (Å²) in [7, 11) is 1.85. The van der Waals surface area contributed by atoms with E-state index in [0.717, 1.165) is 37.4 Å². The van der Waals surface area contributed by atoms with Crippen LogP contribution in [0.3, 0.4) is 0 Å². The van der Waals surface area contributed by atoms with Gasteiger partial charge in [0.2, 0.25) is 5.91 Å². The fourth-order valence-electron chi connectivity index (χ4n) is 3.42. The van der Waals surface area contributed by atoms with Gasteiger partial charge in [0, 0.05) is 51.0 Å². The third-order valence-electron chi connectivity index (χ3n) is 5.41. The van der Waals surface area contributed by atoms with Crippen molar-refractivity contribution in [1.29, 1.82) is 0 Å². The molecule has 28 heavy (non-hydrogen) atoms. The molecule has 2 aromatic rings. The number of benzene rings is 2. The Labute approximate surface area is 165 Å². The fraction of sp³-hybridized carbons (Fsp3) is 0.381. The summed E-state index contributed by atoms with van der Waals surface area (Å²) in [5.74, 6) is 0.111. The highest BCUT2D eigenvalue weighted by molar-refractivity contribution is 5.78. The van der Waals surface area contributed by atoms with Gasteiger partial charge in [-0.3, -0.25) is 19.8 Å². The summed E-state index contributed by atoms with van der Waals surface area (Å²) >= 11 is 0. The summed E-state index contributed by atoms with van der Waals surface area (Å²) < 4.78 is 0. The predicted octanol–water partition coefficient (Wildman–Crippen LogP) is 2.94. The van der Waals surface area contributed by atoms with Crippen molar-refractivity contribution >= 4 is 17.3 Å². The van der Waals surface area contributed by atoms with E-state index in [0.29, 0.717) is 6.54 Å². The van der Waals surface area contributed by atoms with Gasteiger partial charge in [-0.05, 0) is 24.6 Å². The van der Waals surface area contributed by atoms with Crippen LogP contribution in [0.1, 0.15) is 18.5 Å². The highest BCUT2D eigenvalue weighted by atomic mass is 16.6. The van der Waals surface area contributed by atoms with Crippen molar-refractivity contribution in [3.8, 4) is 0 Å². The quantitative estimate of drug-likeness (QED) is 0.567. The van der Waals surface area contributed by atoms with Crippen molar-refractivity contribution in [2.75, 3.05) is 44.7 Å². The molecule has 0 radical (unpaired) electrons. The number of carbonyl (C=O) groups excluding carboxylic acids is 1. The van der Waals surface area contributed by atoms with Crippen LogP contribution < -0.4 is 4.90 Å². The first kappa shape index (κ1) is 19.8. The van der Waals surface area contributed by atoms with E-state index >= 15 is 0 Å². The van der Waals surface area contributed by atoms with Crippen molar-refractivity contribution in [2.24, 2.45) is 0 Å². The number of rotatable bonds is 6. The molecular weight excluding hydrogens is 356 g/mol. The number of nitro groups is 1. The Hall–Kier alpha value is -2.93. The Morgan fingerprint density at radius 1 is 1.07 bits per heavy atom. The van der Waals surface area contributed by atoms with Gasteiger partial charge >= 0.3 is 0 Å². The number of anilines is 1. The van der Waals surface area contributed by atoms with Crippen molar-refractivity contribution < 1.29 is 9.72 Å². The molecule has 148 valence electrons. The second-order valence-corrected chi connectivity index (χ2v) is 7.13. The number of likely N-dealkylation sites (N-methyl/N-ethyl adjacent to an activating group) is 1. The SMILES string of the molecule is C[C@@H](c1ccccc1)N(C)C(=O)CN1CCN(c2ccc([N+](=O)[O-])cc2)CC1. The molecule has 1 heterocycles. The highest BCUT2D eigenvalue weighted by Gasteiger charge is 2.23. The minimum atomic E-state index is -0.389. The van der Waals surface area contributed by atoms with Gasteiger partial charge in [-0.25, -0.2) is 0 Å². The van der Waals surface area contributed by atoms with Crippen LogP contribution in [0.4, 0.5) is 11.4 Å². The number of nitrogens with zero attached hydrogens (tertiary/aromatic N) is 4. The Balaban J connectivity index is 1.51. The van der Waals surface area contributed by atoms with Crippen molar-refractivity contribution in [2.45, 2.75) is 13.0 Å². The number of nitro benzene ring substituents is 1. The fourth-order valence-corrected chi connectivity index (χ4v) is 3.42. The highest BCUT2D eigenvalue weighted by Crippen LogP contribution is 2.21. The molecule has 0 bridgehead atoms.